The molecule has 0 amide bonds. The molecular formula is C17H24O3. The number of benzene rings is 1. The Hall–Kier alpha value is -1.06. The molecule has 1 aromatic rings. The number of hydrogen-bond donors (Lipinski definition) is 2. The van der Waals surface area contributed by atoms with Crippen LogP contribution in [0.15, 0.2) is 18.2 Å². The van der Waals surface area contributed by atoms with Crippen molar-refractivity contribution in [3.63, 3.8) is 0 Å². The fourth-order valence-electron chi connectivity index (χ4n) is 3.55. The van der Waals surface area contributed by atoms with E-state index in [2.05, 4.69) is 0 Å². The zero-order chi connectivity index (χ0) is 13.9. The van der Waals surface area contributed by atoms with Crippen LogP contribution in [0.1, 0.15) is 55.8 Å². The smallest absolute Gasteiger partial charge is 0.119 e. The van der Waals surface area contributed by atoms with E-state index in [0.29, 0.717) is 12.5 Å². The number of rotatable bonds is 5. The van der Waals surface area contributed by atoms with Crippen molar-refractivity contribution < 1.29 is 14.9 Å². The minimum absolute atomic E-state index is 0.313. The van der Waals surface area contributed by atoms with E-state index < -0.39 is 0 Å². The minimum atomic E-state index is -0.364. The largest absolute Gasteiger partial charge is 0.491 e. The molecule has 0 aromatic heterocycles. The van der Waals surface area contributed by atoms with E-state index in [9.17, 15) is 10.2 Å². The van der Waals surface area contributed by atoms with E-state index in [1.807, 2.05) is 18.2 Å². The average Bonchev–Trinajstić information content (AvgIpc) is 3.07. The summed E-state index contributed by atoms with van der Waals surface area (Å²) in [5.74, 6) is 1.49. The third kappa shape index (κ3) is 3.15. The lowest BCUT2D eigenvalue weighted by Gasteiger charge is -2.16. The highest BCUT2D eigenvalue weighted by molar-refractivity contribution is 5.39. The summed E-state index contributed by atoms with van der Waals surface area (Å²) in [6, 6.07) is 5.86. The number of fused-ring (bicyclic) bond motifs is 1. The number of aliphatic hydroxyl groups excluding tert-OH is 2. The van der Waals surface area contributed by atoms with E-state index in [-0.39, 0.29) is 12.2 Å². The Morgan fingerprint density at radius 2 is 2.00 bits per heavy atom. The fraction of sp³-hybridized carbons (Fsp3) is 0.647. The molecule has 0 radical (unpaired) electrons. The lowest BCUT2D eigenvalue weighted by atomic mass is 10.0. The Morgan fingerprint density at radius 3 is 2.80 bits per heavy atom. The number of hydrogen-bond acceptors (Lipinski definition) is 3. The summed E-state index contributed by atoms with van der Waals surface area (Å²) in [5.41, 5.74) is 2.21. The van der Waals surface area contributed by atoms with Gasteiger partial charge in [-0.05, 0) is 48.4 Å². The van der Waals surface area contributed by atoms with Crippen LogP contribution in [0.5, 0.6) is 5.75 Å². The maximum Gasteiger partial charge on any atom is 0.119 e. The Morgan fingerprint density at radius 1 is 1.20 bits per heavy atom. The quantitative estimate of drug-likeness (QED) is 0.869. The Balaban J connectivity index is 1.50. The fourth-order valence-corrected chi connectivity index (χ4v) is 3.55. The minimum Gasteiger partial charge on any atom is -0.491 e. The van der Waals surface area contributed by atoms with Gasteiger partial charge in [-0.15, -0.1) is 0 Å². The predicted octanol–water partition coefficient (Wildman–Crippen LogP) is 2.99. The molecule has 110 valence electrons. The van der Waals surface area contributed by atoms with E-state index in [1.165, 1.54) is 31.2 Å². The van der Waals surface area contributed by atoms with Crippen LogP contribution in [0, 0.1) is 5.92 Å². The highest BCUT2D eigenvalue weighted by atomic mass is 16.5. The topological polar surface area (TPSA) is 49.7 Å². The van der Waals surface area contributed by atoms with Gasteiger partial charge in [-0.2, -0.15) is 0 Å². The first-order valence-corrected chi connectivity index (χ1v) is 7.84. The predicted molar refractivity (Wildman–Crippen MR) is 77.8 cm³/mol. The SMILES string of the molecule is OC(COc1ccc2c(c1)CCC2O)CC1CCCC1. The molecule has 2 atom stereocenters. The summed E-state index contributed by atoms with van der Waals surface area (Å²) >= 11 is 0. The van der Waals surface area contributed by atoms with Crippen LogP contribution < -0.4 is 4.74 Å². The Labute approximate surface area is 120 Å². The molecule has 0 aliphatic heterocycles. The van der Waals surface area contributed by atoms with Crippen LogP contribution in [0.2, 0.25) is 0 Å². The highest BCUT2D eigenvalue weighted by Crippen LogP contribution is 2.33. The molecule has 0 saturated heterocycles. The maximum absolute atomic E-state index is 10.0. The average molecular weight is 276 g/mol. The summed E-state index contributed by atoms with van der Waals surface area (Å²) in [4.78, 5) is 0. The summed E-state index contributed by atoms with van der Waals surface area (Å²) in [6.45, 7) is 0.373. The maximum atomic E-state index is 10.0. The number of aryl methyl sites for hydroxylation is 1. The molecule has 1 saturated carbocycles. The van der Waals surface area contributed by atoms with Gasteiger partial charge < -0.3 is 14.9 Å². The summed E-state index contributed by atoms with van der Waals surface area (Å²) in [7, 11) is 0. The molecule has 2 aliphatic carbocycles. The van der Waals surface area contributed by atoms with Crippen LogP contribution in [0.4, 0.5) is 0 Å². The highest BCUT2D eigenvalue weighted by Gasteiger charge is 2.21. The van der Waals surface area contributed by atoms with Gasteiger partial charge in [0, 0.05) is 0 Å². The summed E-state index contributed by atoms with van der Waals surface area (Å²) < 4.78 is 5.71. The zero-order valence-electron chi connectivity index (χ0n) is 11.9. The third-order valence-corrected chi connectivity index (χ3v) is 4.68. The molecule has 3 rings (SSSR count). The second-order valence-corrected chi connectivity index (χ2v) is 6.27. The lowest BCUT2D eigenvalue weighted by molar-refractivity contribution is 0.0855. The molecule has 0 heterocycles. The lowest BCUT2D eigenvalue weighted by Crippen LogP contribution is -2.20. The van der Waals surface area contributed by atoms with Crippen LogP contribution in [-0.4, -0.2) is 22.9 Å². The van der Waals surface area contributed by atoms with Gasteiger partial charge in [0.1, 0.15) is 12.4 Å². The van der Waals surface area contributed by atoms with Crippen LogP contribution in [0.25, 0.3) is 0 Å². The molecule has 1 aromatic carbocycles. The van der Waals surface area contributed by atoms with Crippen LogP contribution >= 0.6 is 0 Å². The van der Waals surface area contributed by atoms with Gasteiger partial charge in [-0.25, -0.2) is 0 Å². The Bertz CT molecular complexity index is 452. The van der Waals surface area contributed by atoms with Crippen LogP contribution in [-0.2, 0) is 6.42 Å². The van der Waals surface area contributed by atoms with Crippen molar-refractivity contribution in [2.75, 3.05) is 6.61 Å². The third-order valence-electron chi connectivity index (χ3n) is 4.68. The van der Waals surface area contributed by atoms with Crippen molar-refractivity contribution in [1.29, 1.82) is 0 Å². The first-order valence-electron chi connectivity index (χ1n) is 7.84. The molecule has 0 bridgehead atoms. The summed E-state index contributed by atoms with van der Waals surface area (Å²) in [6.07, 6.45) is 7.05. The molecule has 2 N–H and O–H groups in total. The standard InChI is InChI=1S/C17H24O3/c18-14(9-12-3-1-2-4-12)11-20-15-6-7-16-13(10-15)5-8-17(16)19/h6-7,10,12,14,17-19H,1-5,8-9,11H2. The van der Waals surface area contributed by atoms with Crippen molar-refractivity contribution in [3.05, 3.63) is 29.3 Å². The van der Waals surface area contributed by atoms with Crippen molar-refractivity contribution in [1.82, 2.24) is 0 Å². The molecule has 2 unspecified atom stereocenters. The van der Waals surface area contributed by atoms with E-state index in [4.69, 9.17) is 4.74 Å². The molecule has 1 fully saturated rings. The van der Waals surface area contributed by atoms with E-state index in [0.717, 1.165) is 30.6 Å². The molecule has 20 heavy (non-hydrogen) atoms. The first-order chi connectivity index (χ1) is 9.72. The van der Waals surface area contributed by atoms with E-state index >= 15 is 0 Å². The monoisotopic (exact) mass is 276 g/mol. The van der Waals surface area contributed by atoms with Gasteiger partial charge in [-0.1, -0.05) is 31.7 Å². The normalized spacial score (nSPS) is 23.8. The van der Waals surface area contributed by atoms with Gasteiger partial charge in [0.05, 0.1) is 12.2 Å². The summed E-state index contributed by atoms with van der Waals surface area (Å²) in [5, 5.41) is 19.8. The Kier molecular flexibility index (Phi) is 4.27. The van der Waals surface area contributed by atoms with Gasteiger partial charge in [0.15, 0.2) is 0 Å². The molecule has 2 aliphatic rings. The van der Waals surface area contributed by atoms with Crippen LogP contribution in [0.3, 0.4) is 0 Å². The van der Waals surface area contributed by atoms with Crippen molar-refractivity contribution in [2.24, 2.45) is 5.92 Å². The number of ether oxygens (including phenoxy) is 1. The zero-order valence-corrected chi connectivity index (χ0v) is 11.9. The van der Waals surface area contributed by atoms with Gasteiger partial charge >= 0.3 is 0 Å². The van der Waals surface area contributed by atoms with Gasteiger partial charge in [0.25, 0.3) is 0 Å². The second kappa shape index (κ2) is 6.15. The van der Waals surface area contributed by atoms with Crippen molar-refractivity contribution >= 4 is 0 Å². The molecule has 0 spiro atoms. The second-order valence-electron chi connectivity index (χ2n) is 6.27. The molecular weight excluding hydrogens is 252 g/mol. The van der Waals surface area contributed by atoms with Crippen molar-refractivity contribution in [3.8, 4) is 5.75 Å². The molecule has 3 nitrogen and oxygen atoms in total. The number of aliphatic hydroxyl groups is 2. The van der Waals surface area contributed by atoms with Gasteiger partial charge in [-0.3, -0.25) is 0 Å². The van der Waals surface area contributed by atoms with Gasteiger partial charge in [0.2, 0.25) is 0 Å². The first kappa shape index (κ1) is 13.9. The van der Waals surface area contributed by atoms with E-state index in [1.54, 1.807) is 0 Å². The molecule has 3 heteroatoms. The van der Waals surface area contributed by atoms with Crippen molar-refractivity contribution in [2.45, 2.75) is 57.2 Å².